The number of rotatable bonds is 5. The Bertz CT molecular complexity index is 338. The van der Waals surface area contributed by atoms with Gasteiger partial charge in [0, 0.05) is 17.1 Å². The number of carbonyl (C=O) groups is 1. The van der Waals surface area contributed by atoms with E-state index in [4.69, 9.17) is 0 Å². The van der Waals surface area contributed by atoms with Crippen LogP contribution in [0.25, 0.3) is 0 Å². The van der Waals surface area contributed by atoms with E-state index in [0.29, 0.717) is 18.0 Å². The van der Waals surface area contributed by atoms with Crippen LogP contribution in [0.15, 0.2) is 22.8 Å². The van der Waals surface area contributed by atoms with Gasteiger partial charge in [-0.3, -0.25) is 9.78 Å². The molecule has 82 valence electrons. The largest absolute Gasteiger partial charge is 0.292 e. The zero-order valence-corrected chi connectivity index (χ0v) is 10.8. The average molecular weight is 270 g/mol. The van der Waals surface area contributed by atoms with E-state index in [1.165, 1.54) is 0 Å². The summed E-state index contributed by atoms with van der Waals surface area (Å²) in [6, 6.07) is 3.67. The Morgan fingerprint density at radius 1 is 1.60 bits per heavy atom. The van der Waals surface area contributed by atoms with Gasteiger partial charge in [0.05, 0.1) is 0 Å². The smallest absolute Gasteiger partial charge is 0.182 e. The predicted octanol–water partition coefficient (Wildman–Crippen LogP) is 3.85. The molecule has 0 saturated heterocycles. The molecule has 0 amide bonds. The molecule has 1 heterocycles. The van der Waals surface area contributed by atoms with Gasteiger partial charge in [-0.2, -0.15) is 0 Å². The molecule has 1 unspecified atom stereocenters. The molecule has 0 aromatic carbocycles. The van der Waals surface area contributed by atoms with Crippen molar-refractivity contribution in [2.75, 3.05) is 0 Å². The highest BCUT2D eigenvalue weighted by molar-refractivity contribution is 9.10. The van der Waals surface area contributed by atoms with Crippen LogP contribution >= 0.6 is 15.9 Å². The summed E-state index contributed by atoms with van der Waals surface area (Å²) >= 11 is 3.34. The summed E-state index contributed by atoms with van der Waals surface area (Å²) in [5.74, 6) is 0.569. The molecule has 1 aromatic rings. The maximum atomic E-state index is 11.9. The summed E-state index contributed by atoms with van der Waals surface area (Å²) in [5.41, 5.74) is 0.556. The van der Waals surface area contributed by atoms with Crippen molar-refractivity contribution in [1.29, 1.82) is 0 Å². The molecule has 0 radical (unpaired) electrons. The van der Waals surface area contributed by atoms with Gasteiger partial charge in [0.2, 0.25) is 0 Å². The number of Topliss-reactive ketones (excluding diaryl/α,β-unsaturated/α-hetero) is 1. The molecule has 0 saturated carbocycles. The lowest BCUT2D eigenvalue weighted by Gasteiger charge is -2.08. The number of halogens is 1. The molecule has 1 atom stereocenters. The molecule has 0 aliphatic heterocycles. The van der Waals surface area contributed by atoms with Gasteiger partial charge in [0.25, 0.3) is 0 Å². The molecule has 0 aliphatic carbocycles. The molecule has 0 spiro atoms. The fourth-order valence-electron chi connectivity index (χ4n) is 1.60. The van der Waals surface area contributed by atoms with Gasteiger partial charge in [0.1, 0.15) is 5.69 Å². The second kappa shape index (κ2) is 6.01. The second-order valence-corrected chi connectivity index (χ2v) is 4.71. The number of pyridine rings is 1. The zero-order valence-electron chi connectivity index (χ0n) is 9.16. The number of aromatic nitrogens is 1. The number of hydrogen-bond acceptors (Lipinski definition) is 2. The molecule has 1 rings (SSSR count). The molecule has 0 aliphatic rings. The normalized spacial score (nSPS) is 12.5. The van der Waals surface area contributed by atoms with Crippen molar-refractivity contribution < 1.29 is 4.79 Å². The Balaban J connectivity index is 2.65. The van der Waals surface area contributed by atoms with Gasteiger partial charge in [-0.15, -0.1) is 0 Å². The summed E-state index contributed by atoms with van der Waals surface area (Å²) in [5, 5.41) is 0. The van der Waals surface area contributed by atoms with Crippen LogP contribution in [-0.4, -0.2) is 10.8 Å². The van der Waals surface area contributed by atoms with Crippen LogP contribution in [0.3, 0.4) is 0 Å². The van der Waals surface area contributed by atoms with Crippen molar-refractivity contribution in [3.8, 4) is 0 Å². The molecule has 1 aromatic heterocycles. The van der Waals surface area contributed by atoms with E-state index in [1.54, 1.807) is 6.20 Å². The fourth-order valence-corrected chi connectivity index (χ4v) is 2.08. The third-order valence-electron chi connectivity index (χ3n) is 2.34. The Kier molecular flexibility index (Phi) is 4.95. The van der Waals surface area contributed by atoms with Crippen molar-refractivity contribution in [1.82, 2.24) is 4.98 Å². The van der Waals surface area contributed by atoms with E-state index in [1.807, 2.05) is 12.1 Å². The predicted molar refractivity (Wildman–Crippen MR) is 65.0 cm³/mol. The van der Waals surface area contributed by atoms with Gasteiger partial charge < -0.3 is 0 Å². The Morgan fingerprint density at radius 2 is 2.33 bits per heavy atom. The summed E-state index contributed by atoms with van der Waals surface area (Å²) in [6.45, 7) is 4.25. The number of hydrogen-bond donors (Lipinski definition) is 0. The first-order chi connectivity index (χ1) is 7.15. The number of nitrogens with zero attached hydrogens (tertiary/aromatic N) is 1. The van der Waals surface area contributed by atoms with E-state index in [0.717, 1.165) is 17.3 Å². The van der Waals surface area contributed by atoms with Crippen molar-refractivity contribution in [3.63, 3.8) is 0 Å². The topological polar surface area (TPSA) is 30.0 Å². The van der Waals surface area contributed by atoms with Crippen molar-refractivity contribution in [2.24, 2.45) is 5.92 Å². The minimum Gasteiger partial charge on any atom is -0.292 e. The Hall–Kier alpha value is -0.700. The van der Waals surface area contributed by atoms with E-state index >= 15 is 0 Å². The van der Waals surface area contributed by atoms with E-state index in [-0.39, 0.29) is 5.78 Å². The van der Waals surface area contributed by atoms with Crippen molar-refractivity contribution >= 4 is 21.7 Å². The van der Waals surface area contributed by atoms with Gasteiger partial charge in [-0.05, 0) is 34.0 Å². The Morgan fingerprint density at radius 3 is 2.93 bits per heavy atom. The van der Waals surface area contributed by atoms with Crippen LogP contribution in [-0.2, 0) is 0 Å². The zero-order chi connectivity index (χ0) is 11.3. The Labute approximate surface area is 99.2 Å². The highest BCUT2D eigenvalue weighted by Gasteiger charge is 2.14. The maximum Gasteiger partial charge on any atom is 0.182 e. The highest BCUT2D eigenvalue weighted by atomic mass is 79.9. The van der Waals surface area contributed by atoms with Crippen LogP contribution in [0, 0.1) is 5.92 Å². The maximum absolute atomic E-state index is 11.9. The summed E-state index contributed by atoms with van der Waals surface area (Å²) in [7, 11) is 0. The quantitative estimate of drug-likeness (QED) is 0.760. The lowest BCUT2D eigenvalue weighted by atomic mass is 9.98. The molecule has 0 N–H and O–H groups in total. The molecule has 2 nitrogen and oxygen atoms in total. The molecular weight excluding hydrogens is 254 g/mol. The van der Waals surface area contributed by atoms with E-state index in [2.05, 4.69) is 34.8 Å². The third-order valence-corrected chi connectivity index (χ3v) is 2.98. The fraction of sp³-hybridized carbons (Fsp3) is 0.500. The standard InChI is InChI=1S/C12H16BrNO/c1-3-5-9(2)8-11(15)12-10(13)6-4-7-14-12/h4,6-7,9H,3,5,8H2,1-2H3. The van der Waals surface area contributed by atoms with E-state index in [9.17, 15) is 4.79 Å². The summed E-state index contributed by atoms with van der Waals surface area (Å²) < 4.78 is 0.790. The second-order valence-electron chi connectivity index (χ2n) is 3.85. The number of carbonyl (C=O) groups excluding carboxylic acids is 1. The molecule has 15 heavy (non-hydrogen) atoms. The summed E-state index contributed by atoms with van der Waals surface area (Å²) in [6.07, 6.45) is 4.46. The minimum atomic E-state index is 0.128. The first kappa shape index (κ1) is 12.4. The number of ketones is 1. The van der Waals surface area contributed by atoms with Gasteiger partial charge in [-0.25, -0.2) is 0 Å². The molecular formula is C12H16BrNO. The monoisotopic (exact) mass is 269 g/mol. The van der Waals surface area contributed by atoms with Crippen molar-refractivity contribution in [2.45, 2.75) is 33.1 Å². The lowest BCUT2D eigenvalue weighted by Crippen LogP contribution is -2.08. The van der Waals surface area contributed by atoms with Crippen LogP contribution < -0.4 is 0 Å². The van der Waals surface area contributed by atoms with E-state index < -0.39 is 0 Å². The minimum absolute atomic E-state index is 0.128. The van der Waals surface area contributed by atoms with Crippen molar-refractivity contribution in [3.05, 3.63) is 28.5 Å². The summed E-state index contributed by atoms with van der Waals surface area (Å²) in [4.78, 5) is 16.0. The SMILES string of the molecule is CCCC(C)CC(=O)c1ncccc1Br. The molecule has 3 heteroatoms. The van der Waals surface area contributed by atoms with Gasteiger partial charge >= 0.3 is 0 Å². The van der Waals surface area contributed by atoms with Crippen LogP contribution in [0.5, 0.6) is 0 Å². The highest BCUT2D eigenvalue weighted by Crippen LogP contribution is 2.18. The first-order valence-corrected chi connectivity index (χ1v) is 6.08. The van der Waals surface area contributed by atoms with Crippen LogP contribution in [0.4, 0.5) is 0 Å². The lowest BCUT2D eigenvalue weighted by molar-refractivity contribution is 0.0957. The third kappa shape index (κ3) is 3.74. The van der Waals surface area contributed by atoms with Crippen LogP contribution in [0.1, 0.15) is 43.6 Å². The van der Waals surface area contributed by atoms with Crippen LogP contribution in [0.2, 0.25) is 0 Å². The van der Waals surface area contributed by atoms with Gasteiger partial charge in [0.15, 0.2) is 5.78 Å². The molecule has 0 fully saturated rings. The first-order valence-electron chi connectivity index (χ1n) is 5.28. The average Bonchev–Trinajstić information content (AvgIpc) is 2.18. The van der Waals surface area contributed by atoms with Gasteiger partial charge in [-0.1, -0.05) is 26.7 Å². The molecule has 0 bridgehead atoms.